The van der Waals surface area contributed by atoms with E-state index in [9.17, 15) is 4.79 Å². The van der Waals surface area contributed by atoms with E-state index in [1.807, 2.05) is 24.3 Å². The zero-order valence-electron chi connectivity index (χ0n) is 15.8. The number of aryl methyl sites for hydroxylation is 1. The van der Waals surface area contributed by atoms with Crippen LogP contribution in [-0.2, 0) is 6.54 Å². The van der Waals surface area contributed by atoms with Crippen molar-refractivity contribution in [1.82, 2.24) is 14.2 Å². The van der Waals surface area contributed by atoms with Crippen molar-refractivity contribution in [2.24, 2.45) is 5.10 Å². The molecule has 6 heteroatoms. The third kappa shape index (κ3) is 2.80. The Morgan fingerprint density at radius 3 is 2.52 bits per heavy atom. The lowest BCUT2D eigenvalue weighted by Gasteiger charge is -2.03. The van der Waals surface area contributed by atoms with Crippen molar-refractivity contribution in [3.63, 3.8) is 0 Å². The van der Waals surface area contributed by atoms with E-state index >= 15 is 0 Å². The van der Waals surface area contributed by atoms with Gasteiger partial charge >= 0.3 is 0 Å². The van der Waals surface area contributed by atoms with Crippen molar-refractivity contribution >= 4 is 51.1 Å². The Morgan fingerprint density at radius 1 is 0.966 bits per heavy atom. The number of hydrogen-bond donors (Lipinski definition) is 1. The molecule has 142 valence electrons. The lowest BCUT2D eigenvalue weighted by Crippen LogP contribution is -2.18. The third-order valence-corrected chi connectivity index (χ3v) is 5.49. The number of aromatic nitrogens is 3. The number of para-hydroxylation sites is 2. The molecule has 0 aliphatic rings. The molecule has 5 nitrogen and oxygen atoms in total. The summed E-state index contributed by atoms with van der Waals surface area (Å²) >= 11 is 5.33. The fraction of sp³-hybridized carbons (Fsp3) is 0.0870. The molecule has 0 amide bonds. The standard InChI is InChI=1S/C23H18N4OS/c1-2-26-20-10-6-4-7-16(20)18-13-15(11-12-21(18)26)14-24-27-22(28)17-8-3-5-9-19(17)25-23(27)29/h3-14H,2H2,1H3,(H,25,29)/b24-14-. The first-order valence-electron chi connectivity index (χ1n) is 9.47. The molecule has 0 fully saturated rings. The van der Waals surface area contributed by atoms with E-state index in [0.717, 1.165) is 12.1 Å². The molecule has 0 saturated heterocycles. The summed E-state index contributed by atoms with van der Waals surface area (Å²) in [6, 6.07) is 21.9. The maximum Gasteiger partial charge on any atom is 0.282 e. The summed E-state index contributed by atoms with van der Waals surface area (Å²) in [5.74, 6) is 0. The van der Waals surface area contributed by atoms with Gasteiger partial charge in [-0.1, -0.05) is 36.4 Å². The van der Waals surface area contributed by atoms with E-state index in [0.29, 0.717) is 10.9 Å². The van der Waals surface area contributed by atoms with E-state index in [4.69, 9.17) is 12.2 Å². The second kappa shape index (κ2) is 6.83. The van der Waals surface area contributed by atoms with Crippen molar-refractivity contribution in [3.8, 4) is 0 Å². The van der Waals surface area contributed by atoms with E-state index in [1.165, 1.54) is 26.5 Å². The lowest BCUT2D eigenvalue weighted by molar-refractivity contribution is 0.800. The van der Waals surface area contributed by atoms with Crippen LogP contribution < -0.4 is 5.56 Å². The molecule has 0 saturated carbocycles. The highest BCUT2D eigenvalue weighted by atomic mass is 32.1. The van der Waals surface area contributed by atoms with Gasteiger partial charge in [0.05, 0.1) is 17.1 Å². The molecule has 5 aromatic rings. The number of H-pyrrole nitrogens is 1. The molecule has 0 radical (unpaired) electrons. The molecule has 0 spiro atoms. The summed E-state index contributed by atoms with van der Waals surface area (Å²) < 4.78 is 3.81. The Labute approximate surface area is 171 Å². The summed E-state index contributed by atoms with van der Waals surface area (Å²) in [6.07, 6.45) is 1.68. The Bertz CT molecular complexity index is 1540. The number of nitrogens with one attached hydrogen (secondary N) is 1. The van der Waals surface area contributed by atoms with Gasteiger partial charge in [-0.3, -0.25) is 4.79 Å². The molecule has 0 atom stereocenters. The van der Waals surface area contributed by atoms with Gasteiger partial charge in [0.15, 0.2) is 0 Å². The van der Waals surface area contributed by atoms with Crippen LogP contribution in [0.3, 0.4) is 0 Å². The molecule has 0 aliphatic carbocycles. The molecule has 1 N–H and O–H groups in total. The minimum Gasteiger partial charge on any atom is -0.341 e. The van der Waals surface area contributed by atoms with Gasteiger partial charge in [-0.25, -0.2) is 0 Å². The van der Waals surface area contributed by atoms with Gasteiger partial charge in [-0.05, 0) is 55.0 Å². The van der Waals surface area contributed by atoms with E-state index < -0.39 is 0 Å². The number of fused-ring (bicyclic) bond motifs is 4. The first kappa shape index (κ1) is 17.6. The number of hydrogen-bond acceptors (Lipinski definition) is 3. The second-order valence-corrected chi connectivity index (χ2v) is 7.26. The monoisotopic (exact) mass is 398 g/mol. The molecular weight excluding hydrogens is 380 g/mol. The minimum absolute atomic E-state index is 0.232. The molecular formula is C23H18N4OS. The predicted octanol–water partition coefficient (Wildman–Crippen LogP) is 5.07. The number of aromatic amines is 1. The summed E-state index contributed by atoms with van der Waals surface area (Å²) in [4.78, 5) is 15.8. The Morgan fingerprint density at radius 2 is 1.69 bits per heavy atom. The average molecular weight is 398 g/mol. The fourth-order valence-corrected chi connectivity index (χ4v) is 4.11. The Balaban J connectivity index is 1.65. The summed E-state index contributed by atoms with van der Waals surface area (Å²) in [5, 5.41) is 7.31. The van der Waals surface area contributed by atoms with Crippen LogP contribution in [0.5, 0.6) is 0 Å². The Kier molecular flexibility index (Phi) is 4.14. The lowest BCUT2D eigenvalue weighted by atomic mass is 10.1. The second-order valence-electron chi connectivity index (χ2n) is 6.88. The summed E-state index contributed by atoms with van der Waals surface area (Å²) in [6.45, 7) is 3.05. The van der Waals surface area contributed by atoms with Crippen LogP contribution in [0.25, 0.3) is 32.7 Å². The van der Waals surface area contributed by atoms with E-state index in [-0.39, 0.29) is 10.3 Å². The molecule has 3 aromatic carbocycles. The average Bonchev–Trinajstić information content (AvgIpc) is 3.06. The smallest absolute Gasteiger partial charge is 0.282 e. The first-order valence-corrected chi connectivity index (χ1v) is 9.87. The number of rotatable bonds is 3. The van der Waals surface area contributed by atoms with Crippen molar-refractivity contribution < 1.29 is 0 Å². The highest BCUT2D eigenvalue weighted by molar-refractivity contribution is 7.71. The van der Waals surface area contributed by atoms with Crippen LogP contribution in [0.2, 0.25) is 0 Å². The van der Waals surface area contributed by atoms with Crippen molar-refractivity contribution in [1.29, 1.82) is 0 Å². The van der Waals surface area contributed by atoms with Crippen LogP contribution in [0.1, 0.15) is 12.5 Å². The maximum atomic E-state index is 12.8. The molecule has 2 heterocycles. The molecule has 0 aliphatic heterocycles. The van der Waals surface area contributed by atoms with Gasteiger partial charge in [0.1, 0.15) is 0 Å². The fourth-order valence-electron chi connectivity index (χ4n) is 3.87. The van der Waals surface area contributed by atoms with Crippen LogP contribution in [0.4, 0.5) is 0 Å². The quantitative estimate of drug-likeness (QED) is 0.341. The van der Waals surface area contributed by atoms with Crippen molar-refractivity contribution in [2.45, 2.75) is 13.5 Å². The largest absolute Gasteiger partial charge is 0.341 e. The first-order chi connectivity index (χ1) is 14.2. The topological polar surface area (TPSA) is 55.1 Å². The summed E-state index contributed by atoms with van der Waals surface area (Å²) in [5.41, 5.74) is 3.79. The minimum atomic E-state index is -0.232. The van der Waals surface area contributed by atoms with E-state index in [2.05, 4.69) is 58.0 Å². The van der Waals surface area contributed by atoms with Crippen molar-refractivity contribution in [3.05, 3.63) is 87.4 Å². The number of nitrogens with zero attached hydrogens (tertiary/aromatic N) is 3. The molecule has 29 heavy (non-hydrogen) atoms. The SMILES string of the molecule is CCn1c2ccccc2c2cc(/C=N\n3c(=S)[nH]c4ccccc4c3=O)ccc21. The summed E-state index contributed by atoms with van der Waals surface area (Å²) in [7, 11) is 0. The zero-order valence-corrected chi connectivity index (χ0v) is 16.6. The number of benzene rings is 3. The predicted molar refractivity (Wildman–Crippen MR) is 122 cm³/mol. The molecule has 0 unspecified atom stereocenters. The van der Waals surface area contributed by atoms with Gasteiger partial charge < -0.3 is 9.55 Å². The Hall–Kier alpha value is -3.51. The third-order valence-electron chi connectivity index (χ3n) is 5.22. The normalized spacial score (nSPS) is 11.9. The zero-order chi connectivity index (χ0) is 20.0. The van der Waals surface area contributed by atoms with Gasteiger partial charge in [-0.15, -0.1) is 0 Å². The van der Waals surface area contributed by atoms with E-state index in [1.54, 1.807) is 12.3 Å². The molecule has 2 aromatic heterocycles. The van der Waals surface area contributed by atoms with Crippen LogP contribution in [-0.4, -0.2) is 20.4 Å². The van der Waals surface area contributed by atoms with Crippen LogP contribution in [0, 0.1) is 4.77 Å². The van der Waals surface area contributed by atoms with Gasteiger partial charge in [0, 0.05) is 28.4 Å². The maximum absolute atomic E-state index is 12.8. The van der Waals surface area contributed by atoms with Gasteiger partial charge in [0.25, 0.3) is 5.56 Å². The molecule has 0 bridgehead atoms. The van der Waals surface area contributed by atoms with Gasteiger partial charge in [0.2, 0.25) is 4.77 Å². The van der Waals surface area contributed by atoms with Gasteiger partial charge in [-0.2, -0.15) is 9.78 Å². The molecule has 5 rings (SSSR count). The van der Waals surface area contributed by atoms with Crippen LogP contribution in [0.15, 0.2) is 76.6 Å². The van der Waals surface area contributed by atoms with Crippen LogP contribution >= 0.6 is 12.2 Å². The van der Waals surface area contributed by atoms with Crippen molar-refractivity contribution in [2.75, 3.05) is 0 Å². The highest BCUT2D eigenvalue weighted by Gasteiger charge is 2.09. The highest BCUT2D eigenvalue weighted by Crippen LogP contribution is 2.29.